The van der Waals surface area contributed by atoms with Crippen LogP contribution in [-0.2, 0) is 9.53 Å². The first-order valence-corrected chi connectivity index (χ1v) is 7.55. The Kier molecular flexibility index (Phi) is 6.07. The lowest BCUT2D eigenvalue weighted by Gasteiger charge is -2.36. The maximum atomic E-state index is 12.1. The number of nitrogens with zero attached hydrogens (tertiary/aromatic N) is 1. The van der Waals surface area contributed by atoms with Crippen LogP contribution in [0.5, 0.6) is 5.75 Å². The zero-order valence-corrected chi connectivity index (χ0v) is 13.4. The Balaban J connectivity index is 1.98. The molecule has 1 heterocycles. The number of carbonyl (C=O) groups is 1. The number of nitro groups is 1. The Morgan fingerprint density at radius 2 is 2.17 bits per heavy atom. The molecule has 0 spiro atoms. The Hall–Kier alpha value is -2.23. The van der Waals surface area contributed by atoms with Crippen molar-refractivity contribution in [2.24, 2.45) is 0 Å². The van der Waals surface area contributed by atoms with Crippen molar-refractivity contribution in [3.63, 3.8) is 0 Å². The smallest absolute Gasteiger partial charge is 0.273 e. The van der Waals surface area contributed by atoms with Gasteiger partial charge in [-0.2, -0.15) is 0 Å². The lowest BCUT2D eigenvalue weighted by molar-refractivity contribution is -0.384. The van der Waals surface area contributed by atoms with E-state index in [1.807, 2.05) is 0 Å². The van der Waals surface area contributed by atoms with Crippen LogP contribution in [-0.4, -0.2) is 55.0 Å². The van der Waals surface area contributed by atoms with Crippen molar-refractivity contribution in [1.82, 2.24) is 5.32 Å². The number of benzene rings is 1. The van der Waals surface area contributed by atoms with Crippen LogP contribution in [0.1, 0.15) is 12.8 Å². The highest BCUT2D eigenvalue weighted by molar-refractivity contribution is 5.94. The van der Waals surface area contributed by atoms with E-state index in [-0.39, 0.29) is 30.5 Å². The van der Waals surface area contributed by atoms with Crippen molar-refractivity contribution < 1.29 is 24.3 Å². The van der Waals surface area contributed by atoms with Gasteiger partial charge in [0.05, 0.1) is 36.9 Å². The fourth-order valence-corrected chi connectivity index (χ4v) is 2.51. The molecule has 0 bridgehead atoms. The van der Waals surface area contributed by atoms with Crippen molar-refractivity contribution in [3.8, 4) is 5.75 Å². The number of ether oxygens (including phenoxy) is 2. The zero-order chi connectivity index (χ0) is 17.6. The summed E-state index contributed by atoms with van der Waals surface area (Å²) in [4.78, 5) is 22.4. The van der Waals surface area contributed by atoms with Crippen molar-refractivity contribution in [2.75, 3.05) is 38.8 Å². The van der Waals surface area contributed by atoms with E-state index in [2.05, 4.69) is 10.6 Å². The van der Waals surface area contributed by atoms with Crippen molar-refractivity contribution in [1.29, 1.82) is 0 Å². The molecule has 1 fully saturated rings. The summed E-state index contributed by atoms with van der Waals surface area (Å²) in [6, 6.07) is 3.96. The minimum atomic E-state index is -0.536. The number of carbonyl (C=O) groups excluding carboxylic acids is 1. The highest BCUT2D eigenvalue weighted by atomic mass is 16.6. The number of aliphatic hydroxyl groups excluding tert-OH is 1. The average Bonchev–Trinajstić information content (AvgIpc) is 2.61. The number of nitro benzene ring substituents is 1. The van der Waals surface area contributed by atoms with Crippen LogP contribution >= 0.6 is 0 Å². The van der Waals surface area contributed by atoms with Crippen LogP contribution in [0.2, 0.25) is 0 Å². The molecule has 0 aromatic heterocycles. The number of amides is 1. The van der Waals surface area contributed by atoms with Gasteiger partial charge in [-0.3, -0.25) is 14.9 Å². The number of aliphatic hydroxyl groups is 1. The summed E-state index contributed by atoms with van der Waals surface area (Å²) in [7, 11) is 1.37. The van der Waals surface area contributed by atoms with Crippen LogP contribution in [0.25, 0.3) is 0 Å². The average molecular weight is 339 g/mol. The first-order chi connectivity index (χ1) is 11.5. The molecule has 24 heavy (non-hydrogen) atoms. The molecule has 1 saturated heterocycles. The monoisotopic (exact) mass is 339 g/mol. The quantitative estimate of drug-likeness (QED) is 0.493. The highest BCUT2D eigenvalue weighted by Gasteiger charge is 2.31. The summed E-state index contributed by atoms with van der Waals surface area (Å²) >= 11 is 0. The molecule has 132 valence electrons. The topological polar surface area (TPSA) is 123 Å². The summed E-state index contributed by atoms with van der Waals surface area (Å²) in [5.41, 5.74) is -0.292. The predicted molar refractivity (Wildman–Crippen MR) is 86.2 cm³/mol. The molecule has 9 heteroatoms. The third-order valence-corrected chi connectivity index (χ3v) is 4.05. The SMILES string of the molecule is COc1cc([N+](=O)[O-])ccc1NC(=O)CNC1(CO)CCOCC1. The van der Waals surface area contributed by atoms with Crippen molar-refractivity contribution >= 4 is 17.3 Å². The van der Waals surface area contributed by atoms with E-state index in [1.165, 1.54) is 25.3 Å². The lowest BCUT2D eigenvalue weighted by atomic mass is 9.91. The van der Waals surface area contributed by atoms with Gasteiger partial charge in [-0.25, -0.2) is 0 Å². The minimum absolute atomic E-state index is 0.000696. The third-order valence-electron chi connectivity index (χ3n) is 4.05. The molecule has 0 aliphatic carbocycles. The number of hydrogen-bond donors (Lipinski definition) is 3. The first kappa shape index (κ1) is 18.1. The number of anilines is 1. The van der Waals surface area contributed by atoms with Crippen LogP contribution in [0.3, 0.4) is 0 Å². The molecule has 1 aromatic rings. The summed E-state index contributed by atoms with van der Waals surface area (Å²) < 4.78 is 10.3. The number of rotatable bonds is 7. The summed E-state index contributed by atoms with van der Waals surface area (Å²) in [6.45, 7) is 0.988. The first-order valence-electron chi connectivity index (χ1n) is 7.55. The van der Waals surface area contributed by atoms with E-state index in [0.29, 0.717) is 31.7 Å². The van der Waals surface area contributed by atoms with E-state index >= 15 is 0 Å². The third kappa shape index (κ3) is 4.40. The maximum absolute atomic E-state index is 12.1. The molecular formula is C15H21N3O6. The molecule has 1 amide bonds. The Morgan fingerprint density at radius 3 is 2.75 bits per heavy atom. The highest BCUT2D eigenvalue weighted by Crippen LogP contribution is 2.29. The molecule has 3 N–H and O–H groups in total. The molecule has 9 nitrogen and oxygen atoms in total. The number of hydrogen-bond acceptors (Lipinski definition) is 7. The summed E-state index contributed by atoms with van der Waals surface area (Å²) in [5.74, 6) is -0.123. The maximum Gasteiger partial charge on any atom is 0.273 e. The number of methoxy groups -OCH3 is 1. The molecule has 1 aromatic carbocycles. The van der Waals surface area contributed by atoms with E-state index in [1.54, 1.807) is 0 Å². The van der Waals surface area contributed by atoms with Crippen LogP contribution in [0, 0.1) is 10.1 Å². The molecule has 2 rings (SSSR count). The van der Waals surface area contributed by atoms with Crippen LogP contribution < -0.4 is 15.4 Å². The lowest BCUT2D eigenvalue weighted by Crippen LogP contribution is -2.54. The van der Waals surface area contributed by atoms with Crippen molar-refractivity contribution in [3.05, 3.63) is 28.3 Å². The van der Waals surface area contributed by atoms with Gasteiger partial charge in [-0.1, -0.05) is 0 Å². The van der Waals surface area contributed by atoms with Gasteiger partial charge < -0.3 is 25.2 Å². The van der Waals surface area contributed by atoms with Gasteiger partial charge in [-0.15, -0.1) is 0 Å². The van der Waals surface area contributed by atoms with Crippen molar-refractivity contribution in [2.45, 2.75) is 18.4 Å². The van der Waals surface area contributed by atoms with Gasteiger partial charge >= 0.3 is 0 Å². The summed E-state index contributed by atoms with van der Waals surface area (Å²) in [6.07, 6.45) is 1.25. The van der Waals surface area contributed by atoms with E-state index in [0.717, 1.165) is 0 Å². The van der Waals surface area contributed by atoms with Gasteiger partial charge in [0.25, 0.3) is 5.69 Å². The second kappa shape index (κ2) is 8.04. The molecule has 0 saturated carbocycles. The number of nitrogens with one attached hydrogen (secondary N) is 2. The second-order valence-electron chi connectivity index (χ2n) is 5.59. The molecule has 1 aliphatic heterocycles. The molecule has 1 aliphatic rings. The number of non-ortho nitro benzene ring substituents is 1. The zero-order valence-electron chi connectivity index (χ0n) is 13.4. The minimum Gasteiger partial charge on any atom is -0.494 e. The van der Waals surface area contributed by atoms with Gasteiger partial charge in [0.1, 0.15) is 5.75 Å². The van der Waals surface area contributed by atoms with Gasteiger partial charge in [0.2, 0.25) is 5.91 Å². The Labute approximate surface area is 139 Å². The molecule has 0 radical (unpaired) electrons. The Morgan fingerprint density at radius 1 is 1.46 bits per heavy atom. The molecular weight excluding hydrogens is 318 g/mol. The predicted octanol–water partition coefficient (Wildman–Crippen LogP) is 0.673. The van der Waals surface area contributed by atoms with E-state index in [4.69, 9.17) is 9.47 Å². The normalized spacial score (nSPS) is 16.4. The van der Waals surface area contributed by atoms with E-state index in [9.17, 15) is 20.0 Å². The fourth-order valence-electron chi connectivity index (χ4n) is 2.51. The van der Waals surface area contributed by atoms with Gasteiger partial charge in [-0.05, 0) is 18.9 Å². The standard InChI is InChI=1S/C15H21N3O6/c1-23-13-8-11(18(21)22)2-3-12(13)17-14(20)9-16-15(10-19)4-6-24-7-5-15/h2-3,8,16,19H,4-7,9-10H2,1H3,(H,17,20). The van der Waals surface area contributed by atoms with Gasteiger partial charge in [0, 0.05) is 24.8 Å². The van der Waals surface area contributed by atoms with Crippen LogP contribution in [0.4, 0.5) is 11.4 Å². The van der Waals surface area contributed by atoms with Crippen LogP contribution in [0.15, 0.2) is 18.2 Å². The van der Waals surface area contributed by atoms with E-state index < -0.39 is 10.5 Å². The second-order valence-corrected chi connectivity index (χ2v) is 5.59. The molecule has 0 unspecified atom stereocenters. The fraction of sp³-hybridized carbons (Fsp3) is 0.533. The largest absolute Gasteiger partial charge is 0.494 e. The summed E-state index contributed by atoms with van der Waals surface area (Å²) in [5, 5.41) is 26.1. The Bertz CT molecular complexity index is 601. The molecule has 0 atom stereocenters. The van der Waals surface area contributed by atoms with Gasteiger partial charge in [0.15, 0.2) is 0 Å².